The van der Waals surface area contributed by atoms with E-state index >= 15 is 0 Å². The number of halogens is 2. The van der Waals surface area contributed by atoms with Crippen molar-refractivity contribution in [3.05, 3.63) is 29.0 Å². The summed E-state index contributed by atoms with van der Waals surface area (Å²) in [6.07, 6.45) is 1.08. The fourth-order valence-electron chi connectivity index (χ4n) is 1.46. The van der Waals surface area contributed by atoms with E-state index in [1.807, 2.05) is 0 Å². The monoisotopic (exact) mass is 273 g/mol. The summed E-state index contributed by atoms with van der Waals surface area (Å²) in [5, 5.41) is 12.2. The summed E-state index contributed by atoms with van der Waals surface area (Å²) in [6.45, 7) is 0.202. The quantitative estimate of drug-likeness (QED) is 0.833. The molecule has 1 unspecified atom stereocenters. The van der Waals surface area contributed by atoms with Crippen molar-refractivity contribution < 1.29 is 19.0 Å². The highest BCUT2D eigenvalue weighted by molar-refractivity contribution is 6.32. The topological polar surface area (TPSA) is 58.6 Å². The summed E-state index contributed by atoms with van der Waals surface area (Å²) >= 11 is 5.77. The summed E-state index contributed by atoms with van der Waals surface area (Å²) in [5.74, 6) is -1.40. The Hall–Kier alpha value is -1.33. The van der Waals surface area contributed by atoms with Gasteiger partial charge in [-0.2, -0.15) is 0 Å². The zero-order valence-corrected chi connectivity index (χ0v) is 10.3. The minimum absolute atomic E-state index is 0.0627. The number of carboxylic acid groups (broad SMARTS) is 1. The maximum atomic E-state index is 12.8. The molecule has 18 heavy (non-hydrogen) atoms. The van der Waals surface area contributed by atoms with Crippen molar-refractivity contribution in [2.75, 3.05) is 6.54 Å². The number of carboxylic acids is 1. The van der Waals surface area contributed by atoms with Crippen LogP contribution in [0.15, 0.2) is 18.2 Å². The molecule has 1 fully saturated rings. The lowest BCUT2D eigenvalue weighted by Gasteiger charge is -2.16. The molecule has 1 aromatic carbocycles. The van der Waals surface area contributed by atoms with E-state index in [1.165, 1.54) is 12.1 Å². The molecular weight excluding hydrogens is 261 g/mol. The number of benzene rings is 1. The first-order valence-electron chi connectivity index (χ1n) is 5.64. The summed E-state index contributed by atoms with van der Waals surface area (Å²) in [6, 6.07) is 3.97. The third-order valence-corrected chi connectivity index (χ3v) is 2.90. The van der Waals surface area contributed by atoms with Crippen molar-refractivity contribution in [2.24, 2.45) is 0 Å². The van der Waals surface area contributed by atoms with Crippen molar-refractivity contribution in [2.45, 2.75) is 25.0 Å². The van der Waals surface area contributed by atoms with Gasteiger partial charge in [0.15, 0.2) is 0 Å². The average molecular weight is 274 g/mol. The van der Waals surface area contributed by atoms with E-state index in [1.54, 1.807) is 0 Å². The van der Waals surface area contributed by atoms with Gasteiger partial charge < -0.3 is 15.2 Å². The molecule has 1 saturated carbocycles. The highest BCUT2D eigenvalue weighted by Crippen LogP contribution is 2.26. The molecule has 4 nitrogen and oxygen atoms in total. The molecule has 0 radical (unpaired) electrons. The Morgan fingerprint density at radius 2 is 2.33 bits per heavy atom. The summed E-state index contributed by atoms with van der Waals surface area (Å²) < 4.78 is 18.1. The lowest BCUT2D eigenvalue weighted by Crippen LogP contribution is -2.38. The minimum Gasteiger partial charge on any atom is -0.478 e. The smallest absolute Gasteiger partial charge is 0.346 e. The van der Waals surface area contributed by atoms with Crippen LogP contribution in [0.5, 0.6) is 5.75 Å². The van der Waals surface area contributed by atoms with Crippen LogP contribution in [0.4, 0.5) is 4.39 Å². The molecule has 1 aliphatic rings. The number of nitrogens with one attached hydrogen (secondary N) is 1. The predicted octanol–water partition coefficient (Wildman–Crippen LogP) is 2.06. The fourth-order valence-corrected chi connectivity index (χ4v) is 1.68. The first-order valence-corrected chi connectivity index (χ1v) is 6.02. The maximum absolute atomic E-state index is 12.8. The molecule has 1 atom stereocenters. The number of hydrogen-bond donors (Lipinski definition) is 2. The Balaban J connectivity index is 1.99. The molecule has 98 valence electrons. The van der Waals surface area contributed by atoms with Crippen molar-refractivity contribution in [3.8, 4) is 5.75 Å². The second-order valence-electron chi connectivity index (χ2n) is 4.20. The molecule has 2 rings (SSSR count). The minimum atomic E-state index is -1.08. The fraction of sp³-hybridized carbons (Fsp3) is 0.417. The van der Waals surface area contributed by atoms with Crippen LogP contribution in [0.3, 0.4) is 0 Å². The van der Waals surface area contributed by atoms with Gasteiger partial charge >= 0.3 is 5.97 Å². The second-order valence-corrected chi connectivity index (χ2v) is 4.61. The van der Waals surface area contributed by atoms with Crippen LogP contribution in [0.1, 0.15) is 12.8 Å². The Morgan fingerprint density at radius 1 is 1.61 bits per heavy atom. The highest BCUT2D eigenvalue weighted by Gasteiger charge is 2.26. The largest absolute Gasteiger partial charge is 0.478 e. The predicted molar refractivity (Wildman–Crippen MR) is 64.5 cm³/mol. The van der Waals surface area contributed by atoms with Crippen molar-refractivity contribution >= 4 is 17.6 Å². The van der Waals surface area contributed by atoms with Crippen LogP contribution < -0.4 is 10.1 Å². The number of carbonyl (C=O) groups is 1. The number of hydrogen-bond acceptors (Lipinski definition) is 3. The standard InChI is InChI=1S/C12H13ClFNO3/c13-9-5-7(14)1-4-10(9)18-11(12(16)17)6-15-8-2-3-8/h1,4-5,8,11,15H,2-3,6H2,(H,16,17). The van der Waals surface area contributed by atoms with Crippen molar-refractivity contribution in [1.82, 2.24) is 5.32 Å². The van der Waals surface area contributed by atoms with Gasteiger partial charge in [0.05, 0.1) is 5.02 Å². The second kappa shape index (κ2) is 5.54. The van der Waals surface area contributed by atoms with E-state index in [9.17, 15) is 9.18 Å². The lowest BCUT2D eigenvalue weighted by atomic mass is 10.3. The van der Waals surface area contributed by atoms with E-state index in [4.69, 9.17) is 21.4 Å². The molecular formula is C12H13ClFNO3. The summed E-state index contributed by atoms with van der Waals surface area (Å²) in [5.41, 5.74) is 0. The molecule has 0 saturated heterocycles. The normalized spacial score (nSPS) is 16.3. The van der Waals surface area contributed by atoms with Crippen LogP contribution in [-0.4, -0.2) is 29.8 Å². The van der Waals surface area contributed by atoms with Gasteiger partial charge in [-0.15, -0.1) is 0 Å². The van der Waals surface area contributed by atoms with Crippen molar-refractivity contribution in [3.63, 3.8) is 0 Å². The van der Waals surface area contributed by atoms with Crippen molar-refractivity contribution in [1.29, 1.82) is 0 Å². The molecule has 1 aliphatic carbocycles. The molecule has 0 heterocycles. The maximum Gasteiger partial charge on any atom is 0.346 e. The van der Waals surface area contributed by atoms with Crippen LogP contribution in [0.2, 0.25) is 5.02 Å². The Kier molecular flexibility index (Phi) is 4.04. The van der Waals surface area contributed by atoms with E-state index < -0.39 is 17.9 Å². The molecule has 0 aromatic heterocycles. The van der Waals surface area contributed by atoms with Gasteiger partial charge in [-0.3, -0.25) is 0 Å². The van der Waals surface area contributed by atoms with E-state index in [0.717, 1.165) is 18.9 Å². The van der Waals surface area contributed by atoms with Crippen LogP contribution in [-0.2, 0) is 4.79 Å². The Labute approximate surface area is 109 Å². The zero-order valence-electron chi connectivity index (χ0n) is 9.53. The highest BCUT2D eigenvalue weighted by atomic mass is 35.5. The van der Waals surface area contributed by atoms with Gasteiger partial charge in [-0.25, -0.2) is 9.18 Å². The van der Waals surface area contributed by atoms with E-state index in [0.29, 0.717) is 6.04 Å². The molecule has 0 aliphatic heterocycles. The average Bonchev–Trinajstić information content (AvgIpc) is 3.10. The third-order valence-electron chi connectivity index (χ3n) is 2.61. The first kappa shape index (κ1) is 13.1. The van der Waals surface area contributed by atoms with Crippen LogP contribution >= 0.6 is 11.6 Å². The number of rotatable bonds is 6. The summed E-state index contributed by atoms with van der Waals surface area (Å²) in [4.78, 5) is 11.0. The summed E-state index contributed by atoms with van der Waals surface area (Å²) in [7, 11) is 0. The zero-order chi connectivity index (χ0) is 13.1. The Bertz CT molecular complexity index is 451. The number of aliphatic carboxylic acids is 1. The molecule has 1 aromatic rings. The van der Waals surface area contributed by atoms with Gasteiger partial charge in [0, 0.05) is 12.6 Å². The molecule has 0 spiro atoms. The van der Waals surface area contributed by atoms with Crippen LogP contribution in [0, 0.1) is 5.82 Å². The molecule has 0 amide bonds. The van der Waals surface area contributed by atoms with Gasteiger partial charge in [0.1, 0.15) is 11.6 Å². The molecule has 0 bridgehead atoms. The lowest BCUT2D eigenvalue weighted by molar-refractivity contribution is -0.144. The first-order chi connectivity index (χ1) is 8.56. The molecule has 2 N–H and O–H groups in total. The van der Waals surface area contributed by atoms with Gasteiger partial charge in [0.25, 0.3) is 0 Å². The van der Waals surface area contributed by atoms with E-state index in [2.05, 4.69) is 5.32 Å². The Morgan fingerprint density at radius 3 is 2.89 bits per heavy atom. The van der Waals surface area contributed by atoms with E-state index in [-0.39, 0.29) is 17.3 Å². The molecule has 6 heteroatoms. The van der Waals surface area contributed by atoms with Crippen LogP contribution in [0.25, 0.3) is 0 Å². The third kappa shape index (κ3) is 3.58. The van der Waals surface area contributed by atoms with Gasteiger partial charge in [0.2, 0.25) is 6.10 Å². The van der Waals surface area contributed by atoms with Gasteiger partial charge in [-0.05, 0) is 31.0 Å². The van der Waals surface area contributed by atoms with Gasteiger partial charge in [-0.1, -0.05) is 11.6 Å². The number of ether oxygens (including phenoxy) is 1. The SMILES string of the molecule is O=C(O)C(CNC1CC1)Oc1ccc(F)cc1Cl.